The lowest BCUT2D eigenvalue weighted by Gasteiger charge is -2.48. The van der Waals surface area contributed by atoms with Crippen molar-refractivity contribution in [3.63, 3.8) is 0 Å². The summed E-state index contributed by atoms with van der Waals surface area (Å²) in [5, 5.41) is 136. The predicted octanol–water partition coefficient (Wildman–Crippen LogP) is -8.56. The summed E-state index contributed by atoms with van der Waals surface area (Å²) in [7, 11) is 0. The van der Waals surface area contributed by atoms with Crippen molar-refractivity contribution in [2.24, 2.45) is 0 Å². The van der Waals surface area contributed by atoms with Gasteiger partial charge in [-0.05, 0) is 12.5 Å². The van der Waals surface area contributed by atoms with Gasteiger partial charge < -0.3 is 95.4 Å². The Balaban J connectivity index is 1.42. The molecule has 44 heavy (non-hydrogen) atoms. The largest absolute Gasteiger partial charge is 0.394 e. The van der Waals surface area contributed by atoms with Crippen LogP contribution in [0.1, 0.15) is 6.92 Å². The second-order valence-corrected chi connectivity index (χ2v) is 11.4. The molecule has 0 spiro atoms. The molecule has 0 bridgehead atoms. The summed E-state index contributed by atoms with van der Waals surface area (Å²) in [5.41, 5.74) is 0.0225. The van der Waals surface area contributed by atoms with Crippen molar-refractivity contribution in [3.8, 4) is 0 Å². The minimum Gasteiger partial charge on any atom is -0.394 e. The van der Waals surface area contributed by atoms with Crippen LogP contribution in [-0.4, -0.2) is 203 Å². The molecule has 0 saturated carbocycles. The highest BCUT2D eigenvalue weighted by atomic mass is 16.7. The van der Waals surface area contributed by atoms with Crippen LogP contribution in [-0.2, 0) is 23.7 Å². The van der Waals surface area contributed by atoms with Crippen LogP contribution < -0.4 is 5.32 Å². The topological polar surface area (TPSA) is 321 Å². The lowest BCUT2D eigenvalue weighted by molar-refractivity contribution is -0.373. The molecule has 0 radical (unpaired) electrons. The smallest absolute Gasteiger partial charge is 0.187 e. The number of hydrogen-bond donors (Lipinski definition) is 14. The van der Waals surface area contributed by atoms with E-state index in [1.54, 1.807) is 0 Å². The van der Waals surface area contributed by atoms with E-state index in [0.29, 0.717) is 0 Å². The zero-order valence-electron chi connectivity index (χ0n) is 23.5. The van der Waals surface area contributed by atoms with Crippen LogP contribution in [0.15, 0.2) is 11.6 Å². The third kappa shape index (κ3) is 6.96. The average Bonchev–Trinajstić information content (AvgIpc) is 3.00. The molecule has 0 aromatic carbocycles. The van der Waals surface area contributed by atoms with E-state index < -0.39 is 136 Å². The molecule has 19 atom stereocenters. The Bertz CT molecular complexity index is 958. The van der Waals surface area contributed by atoms with Gasteiger partial charge in [0, 0.05) is 0 Å². The van der Waals surface area contributed by atoms with E-state index in [0.717, 1.165) is 0 Å². The fourth-order valence-electron chi connectivity index (χ4n) is 5.81. The summed E-state index contributed by atoms with van der Waals surface area (Å²) in [6.45, 7) is -0.753. The fourth-order valence-corrected chi connectivity index (χ4v) is 5.81. The fraction of sp³-hybridized carbons (Fsp3) is 0.920. The van der Waals surface area contributed by atoms with Gasteiger partial charge in [-0.25, -0.2) is 0 Å². The lowest BCUT2D eigenvalue weighted by atomic mass is 9.86. The molecular weight excluding hydrogens is 602 g/mol. The first-order valence-electron chi connectivity index (χ1n) is 14.1. The molecular formula is C25H43NO18. The summed E-state index contributed by atoms with van der Waals surface area (Å²) in [6.07, 6.45) is -26.6. The van der Waals surface area contributed by atoms with Gasteiger partial charge in [-0.3, -0.25) is 0 Å². The lowest BCUT2D eigenvalue weighted by Crippen LogP contribution is -2.68. The van der Waals surface area contributed by atoms with Crippen molar-refractivity contribution in [2.75, 3.05) is 19.8 Å². The first-order valence-corrected chi connectivity index (χ1v) is 14.1. The molecule has 3 aliphatic heterocycles. The minimum atomic E-state index is -1.93. The Labute approximate surface area is 250 Å². The molecule has 4 aliphatic rings. The number of rotatable bonds is 9. The quantitative estimate of drug-likeness (QED) is 0.103. The zero-order chi connectivity index (χ0) is 32.6. The maximum atomic E-state index is 10.9. The molecule has 14 N–H and O–H groups in total. The van der Waals surface area contributed by atoms with Gasteiger partial charge in [0.25, 0.3) is 0 Å². The minimum absolute atomic E-state index is 0.0225. The molecule has 256 valence electrons. The standard InChI is InChI=1S/C25H43NO18/c1-6-11(26-8-2-7(3-27)12(30)15(33)13(8)31)14(32)19(37)24(40-6)43-22-10(5-29)42-25(20(38)17(22)35)44-21-9(4-28)41-23(39)18(36)16(21)34/h2,6,8-39H,3-5H2,1H3/t6?,8-,9?,10?,11+,12+,13-,14-,15-,16+,17+,18?,19?,20?,21+,22+,23+,24+,25+/m0/s1. The first kappa shape index (κ1) is 35.8. The molecule has 3 saturated heterocycles. The van der Waals surface area contributed by atoms with Crippen LogP contribution in [0.5, 0.6) is 0 Å². The normalized spacial score (nSPS) is 52.0. The molecule has 0 aromatic heterocycles. The van der Waals surface area contributed by atoms with Gasteiger partial charge in [-0.15, -0.1) is 0 Å². The zero-order valence-corrected chi connectivity index (χ0v) is 23.5. The molecule has 3 heterocycles. The van der Waals surface area contributed by atoms with E-state index >= 15 is 0 Å². The van der Waals surface area contributed by atoms with Crippen molar-refractivity contribution in [2.45, 2.75) is 123 Å². The molecule has 1 aliphatic carbocycles. The van der Waals surface area contributed by atoms with Crippen molar-refractivity contribution >= 4 is 0 Å². The van der Waals surface area contributed by atoms with Crippen LogP contribution in [0.25, 0.3) is 0 Å². The van der Waals surface area contributed by atoms with Crippen LogP contribution in [0.2, 0.25) is 0 Å². The summed E-state index contributed by atoms with van der Waals surface area (Å²) < 4.78 is 27.4. The van der Waals surface area contributed by atoms with E-state index in [2.05, 4.69) is 5.32 Å². The maximum absolute atomic E-state index is 10.9. The van der Waals surface area contributed by atoms with Crippen LogP contribution in [0.4, 0.5) is 0 Å². The molecule has 19 nitrogen and oxygen atoms in total. The van der Waals surface area contributed by atoms with Crippen molar-refractivity contribution in [1.82, 2.24) is 5.32 Å². The number of nitrogens with one attached hydrogen (secondary N) is 1. The van der Waals surface area contributed by atoms with Gasteiger partial charge in [-0.1, -0.05) is 6.08 Å². The first-order chi connectivity index (χ1) is 20.7. The Hall–Kier alpha value is -1.02. The second kappa shape index (κ2) is 14.8. The second-order valence-electron chi connectivity index (χ2n) is 11.4. The Kier molecular flexibility index (Phi) is 12.1. The Morgan fingerprint density at radius 1 is 0.636 bits per heavy atom. The van der Waals surface area contributed by atoms with Gasteiger partial charge in [0.05, 0.1) is 38.0 Å². The van der Waals surface area contributed by atoms with Gasteiger partial charge in [0.1, 0.15) is 79.4 Å². The number of aliphatic hydroxyl groups is 13. The number of aliphatic hydroxyl groups excluding tert-OH is 13. The summed E-state index contributed by atoms with van der Waals surface area (Å²) in [5.74, 6) is 0. The third-order valence-electron chi connectivity index (χ3n) is 8.48. The van der Waals surface area contributed by atoms with E-state index in [4.69, 9.17) is 23.7 Å². The SMILES string of the molecule is CC1O[C@H](O[C@@H]2C(CO)O[C@H](O[C@@H]3C(CO)O[C@@H](O)C(O)[C@H]3O)C(O)[C@H]2O)C(O)[C@@H](O)[C@@H]1N[C@H]1C=C(CO)[C@@H](O)[C@H](O)[C@H]1O. The summed E-state index contributed by atoms with van der Waals surface area (Å²) in [4.78, 5) is 0. The van der Waals surface area contributed by atoms with Crippen LogP contribution >= 0.6 is 0 Å². The molecule has 6 unspecified atom stereocenters. The highest BCUT2D eigenvalue weighted by Crippen LogP contribution is 2.32. The monoisotopic (exact) mass is 645 g/mol. The number of hydrogen-bond acceptors (Lipinski definition) is 19. The number of ether oxygens (including phenoxy) is 5. The highest BCUT2D eigenvalue weighted by Gasteiger charge is 2.53. The predicted molar refractivity (Wildman–Crippen MR) is 138 cm³/mol. The van der Waals surface area contributed by atoms with E-state index in [-0.39, 0.29) is 5.57 Å². The Morgan fingerprint density at radius 2 is 1.16 bits per heavy atom. The summed E-state index contributed by atoms with van der Waals surface area (Å²) >= 11 is 0. The third-order valence-corrected chi connectivity index (χ3v) is 8.48. The molecule has 0 amide bonds. The van der Waals surface area contributed by atoms with Crippen molar-refractivity contribution < 1.29 is 90.1 Å². The Morgan fingerprint density at radius 3 is 1.73 bits per heavy atom. The summed E-state index contributed by atoms with van der Waals surface area (Å²) in [6, 6.07) is -2.17. The van der Waals surface area contributed by atoms with Crippen LogP contribution in [0.3, 0.4) is 0 Å². The maximum Gasteiger partial charge on any atom is 0.187 e. The molecule has 4 rings (SSSR count). The van der Waals surface area contributed by atoms with E-state index in [9.17, 15) is 66.4 Å². The average molecular weight is 646 g/mol. The van der Waals surface area contributed by atoms with E-state index in [1.807, 2.05) is 0 Å². The highest BCUT2D eigenvalue weighted by molar-refractivity contribution is 5.22. The van der Waals surface area contributed by atoms with E-state index in [1.165, 1.54) is 13.0 Å². The van der Waals surface area contributed by atoms with Crippen molar-refractivity contribution in [3.05, 3.63) is 11.6 Å². The van der Waals surface area contributed by atoms with Gasteiger partial charge in [-0.2, -0.15) is 0 Å². The van der Waals surface area contributed by atoms with Crippen LogP contribution in [0, 0.1) is 0 Å². The van der Waals surface area contributed by atoms with Crippen molar-refractivity contribution in [1.29, 1.82) is 0 Å². The van der Waals surface area contributed by atoms with Gasteiger partial charge >= 0.3 is 0 Å². The van der Waals surface area contributed by atoms with Gasteiger partial charge in [0.15, 0.2) is 18.9 Å². The van der Waals surface area contributed by atoms with Gasteiger partial charge in [0.2, 0.25) is 0 Å². The molecule has 3 fully saturated rings. The molecule has 19 heteroatoms. The molecule has 0 aromatic rings.